The monoisotopic (exact) mass is 442 g/mol. The quantitative estimate of drug-likeness (QED) is 0.590. The van der Waals surface area contributed by atoms with E-state index in [2.05, 4.69) is 5.32 Å². The lowest BCUT2D eigenvalue weighted by Crippen LogP contribution is -2.29. The van der Waals surface area contributed by atoms with Gasteiger partial charge in [0, 0.05) is 5.56 Å². The van der Waals surface area contributed by atoms with Crippen LogP contribution >= 0.6 is 0 Å². The Hall–Kier alpha value is -3.39. The lowest BCUT2D eigenvalue weighted by Gasteiger charge is -2.23. The van der Waals surface area contributed by atoms with Crippen molar-refractivity contribution in [3.05, 3.63) is 89.2 Å². The molecule has 0 atom stereocenters. The van der Waals surface area contributed by atoms with Crippen LogP contribution in [0.15, 0.2) is 66.7 Å². The lowest BCUT2D eigenvalue weighted by atomic mass is 10.1. The number of benzene rings is 3. The molecule has 0 spiro atoms. The largest absolute Gasteiger partial charge is 0.495 e. The molecule has 0 aliphatic rings. The Bertz CT molecular complexity index is 1180. The van der Waals surface area contributed by atoms with Crippen molar-refractivity contribution in [3.63, 3.8) is 0 Å². The lowest BCUT2D eigenvalue weighted by molar-refractivity contribution is 0.102. The van der Waals surface area contributed by atoms with Crippen molar-refractivity contribution in [1.82, 2.24) is 0 Å². The molecule has 0 heterocycles. The molecule has 0 radical (unpaired) electrons. The van der Waals surface area contributed by atoms with Crippen LogP contribution in [0.25, 0.3) is 0 Å². The molecule has 0 aromatic heterocycles. The van der Waals surface area contributed by atoms with E-state index in [1.807, 2.05) is 13.0 Å². The standard InChI is InChI=1S/C23H23FN2O4S/c1-16-4-13-22(30-2)21(14-16)25-23(27)18-7-11-20(12-8-18)26(31(3,28)29)15-17-5-9-19(24)10-6-17/h4-14H,15H2,1-3H3,(H,25,27). The van der Waals surface area contributed by atoms with Crippen LogP contribution in [-0.4, -0.2) is 27.7 Å². The van der Waals surface area contributed by atoms with E-state index < -0.39 is 15.8 Å². The summed E-state index contributed by atoms with van der Waals surface area (Å²) < 4.78 is 44.3. The average molecular weight is 443 g/mol. The number of rotatable bonds is 7. The van der Waals surface area contributed by atoms with Crippen LogP contribution in [0.4, 0.5) is 15.8 Å². The number of nitrogens with one attached hydrogen (secondary N) is 1. The Morgan fingerprint density at radius 3 is 2.26 bits per heavy atom. The number of methoxy groups -OCH3 is 1. The number of hydrogen-bond donors (Lipinski definition) is 1. The van der Waals surface area contributed by atoms with Gasteiger partial charge in [-0.15, -0.1) is 0 Å². The van der Waals surface area contributed by atoms with E-state index in [1.165, 1.54) is 35.7 Å². The Morgan fingerprint density at radius 1 is 1.03 bits per heavy atom. The van der Waals surface area contributed by atoms with E-state index >= 15 is 0 Å². The fourth-order valence-corrected chi connectivity index (χ4v) is 3.94. The van der Waals surface area contributed by atoms with Crippen LogP contribution in [0.5, 0.6) is 5.75 Å². The van der Waals surface area contributed by atoms with Crippen LogP contribution in [-0.2, 0) is 16.6 Å². The molecule has 6 nitrogen and oxygen atoms in total. The molecular weight excluding hydrogens is 419 g/mol. The van der Waals surface area contributed by atoms with Crippen molar-refractivity contribution in [1.29, 1.82) is 0 Å². The summed E-state index contributed by atoms with van der Waals surface area (Å²) in [5.74, 6) is -0.201. The zero-order chi connectivity index (χ0) is 22.6. The van der Waals surface area contributed by atoms with E-state index in [1.54, 1.807) is 36.4 Å². The number of aryl methyl sites for hydroxylation is 1. The maximum Gasteiger partial charge on any atom is 0.255 e. The number of amides is 1. The summed E-state index contributed by atoms with van der Waals surface area (Å²) in [6, 6.07) is 17.3. The van der Waals surface area contributed by atoms with E-state index in [0.717, 1.165) is 11.8 Å². The van der Waals surface area contributed by atoms with Gasteiger partial charge in [0.2, 0.25) is 10.0 Å². The molecule has 0 aliphatic heterocycles. The van der Waals surface area contributed by atoms with Crippen LogP contribution < -0.4 is 14.4 Å². The second-order valence-corrected chi connectivity index (χ2v) is 9.01. The van der Waals surface area contributed by atoms with E-state index in [4.69, 9.17) is 4.74 Å². The van der Waals surface area contributed by atoms with Gasteiger partial charge in [0.1, 0.15) is 11.6 Å². The van der Waals surface area contributed by atoms with Crippen LogP contribution in [0.3, 0.4) is 0 Å². The van der Waals surface area contributed by atoms with E-state index in [0.29, 0.717) is 28.3 Å². The van der Waals surface area contributed by atoms with Gasteiger partial charge in [-0.2, -0.15) is 0 Å². The maximum atomic E-state index is 13.1. The third-order valence-electron chi connectivity index (χ3n) is 4.66. The number of carbonyl (C=O) groups is 1. The van der Waals surface area contributed by atoms with E-state index in [9.17, 15) is 17.6 Å². The van der Waals surface area contributed by atoms with Gasteiger partial charge in [0.05, 0.1) is 31.3 Å². The number of anilines is 2. The molecule has 8 heteroatoms. The highest BCUT2D eigenvalue weighted by Crippen LogP contribution is 2.26. The summed E-state index contributed by atoms with van der Waals surface area (Å²) >= 11 is 0. The molecule has 3 rings (SSSR count). The molecule has 0 aliphatic carbocycles. The number of carbonyl (C=O) groups excluding carboxylic acids is 1. The highest BCUT2D eigenvalue weighted by molar-refractivity contribution is 7.92. The first-order valence-electron chi connectivity index (χ1n) is 9.45. The van der Waals surface area contributed by atoms with Crippen LogP contribution in [0.2, 0.25) is 0 Å². The summed E-state index contributed by atoms with van der Waals surface area (Å²) in [4.78, 5) is 12.7. The number of nitrogens with zero attached hydrogens (tertiary/aromatic N) is 1. The topological polar surface area (TPSA) is 75.7 Å². The Balaban J connectivity index is 1.82. The molecule has 0 saturated carbocycles. The third-order valence-corrected chi connectivity index (χ3v) is 5.80. The van der Waals surface area contributed by atoms with Gasteiger partial charge in [-0.05, 0) is 66.6 Å². The maximum absolute atomic E-state index is 13.1. The minimum absolute atomic E-state index is 0.0468. The van der Waals surface area contributed by atoms with Gasteiger partial charge < -0.3 is 10.1 Å². The Morgan fingerprint density at radius 2 is 1.68 bits per heavy atom. The minimum atomic E-state index is -3.60. The smallest absolute Gasteiger partial charge is 0.255 e. The molecule has 3 aromatic carbocycles. The average Bonchev–Trinajstić information content (AvgIpc) is 2.73. The van der Waals surface area contributed by atoms with Crippen molar-refractivity contribution >= 4 is 27.3 Å². The Kier molecular flexibility index (Phi) is 6.60. The fourth-order valence-electron chi connectivity index (χ4n) is 3.05. The number of halogens is 1. The summed E-state index contributed by atoms with van der Waals surface area (Å²) in [6.45, 7) is 1.95. The normalized spacial score (nSPS) is 11.1. The van der Waals surface area contributed by atoms with Gasteiger partial charge >= 0.3 is 0 Å². The van der Waals surface area contributed by atoms with Gasteiger partial charge in [-0.3, -0.25) is 9.10 Å². The first kappa shape index (κ1) is 22.3. The second-order valence-electron chi connectivity index (χ2n) is 7.10. The summed E-state index contributed by atoms with van der Waals surface area (Å²) in [5, 5.41) is 2.81. The first-order valence-corrected chi connectivity index (χ1v) is 11.3. The van der Waals surface area contributed by atoms with Gasteiger partial charge in [0.15, 0.2) is 0 Å². The van der Waals surface area contributed by atoms with Crippen molar-refractivity contribution in [2.75, 3.05) is 23.0 Å². The molecule has 0 saturated heterocycles. The number of ether oxygens (including phenoxy) is 1. The highest BCUT2D eigenvalue weighted by atomic mass is 32.2. The van der Waals surface area contributed by atoms with Crippen molar-refractivity contribution in [2.24, 2.45) is 0 Å². The van der Waals surface area contributed by atoms with Crippen molar-refractivity contribution < 1.29 is 22.3 Å². The highest BCUT2D eigenvalue weighted by Gasteiger charge is 2.19. The first-order chi connectivity index (χ1) is 14.7. The predicted molar refractivity (Wildman–Crippen MR) is 120 cm³/mol. The zero-order valence-corrected chi connectivity index (χ0v) is 18.2. The number of sulfonamides is 1. The molecule has 0 bridgehead atoms. The van der Waals surface area contributed by atoms with Crippen LogP contribution in [0.1, 0.15) is 21.5 Å². The van der Waals surface area contributed by atoms with Gasteiger partial charge in [0.25, 0.3) is 5.91 Å². The second kappa shape index (κ2) is 9.18. The molecule has 1 N–H and O–H groups in total. The Labute approximate surface area is 181 Å². The molecule has 3 aromatic rings. The summed E-state index contributed by atoms with van der Waals surface area (Å²) in [7, 11) is -2.08. The molecule has 162 valence electrons. The molecule has 0 unspecified atom stereocenters. The van der Waals surface area contributed by atoms with Crippen LogP contribution in [0, 0.1) is 12.7 Å². The van der Waals surface area contributed by atoms with Crippen molar-refractivity contribution in [3.8, 4) is 5.75 Å². The zero-order valence-electron chi connectivity index (χ0n) is 17.4. The third kappa shape index (κ3) is 5.61. The molecule has 1 amide bonds. The molecule has 0 fully saturated rings. The van der Waals surface area contributed by atoms with Gasteiger partial charge in [-0.1, -0.05) is 18.2 Å². The molecule has 31 heavy (non-hydrogen) atoms. The molecular formula is C23H23FN2O4S. The summed E-state index contributed by atoms with van der Waals surface area (Å²) in [5.41, 5.74) is 2.92. The van der Waals surface area contributed by atoms with Gasteiger partial charge in [-0.25, -0.2) is 12.8 Å². The number of hydrogen-bond acceptors (Lipinski definition) is 4. The SMILES string of the molecule is COc1ccc(C)cc1NC(=O)c1ccc(N(Cc2ccc(F)cc2)S(C)(=O)=O)cc1. The van der Waals surface area contributed by atoms with Crippen molar-refractivity contribution in [2.45, 2.75) is 13.5 Å². The fraction of sp³-hybridized carbons (Fsp3) is 0.174. The van der Waals surface area contributed by atoms with E-state index in [-0.39, 0.29) is 12.5 Å². The minimum Gasteiger partial charge on any atom is -0.495 e. The summed E-state index contributed by atoms with van der Waals surface area (Å²) in [6.07, 6.45) is 1.10. The predicted octanol–water partition coefficient (Wildman–Crippen LogP) is 4.36.